The van der Waals surface area contributed by atoms with Gasteiger partial charge in [0, 0.05) is 86.3 Å². The summed E-state index contributed by atoms with van der Waals surface area (Å²) in [5.74, 6) is -20.5. The van der Waals surface area contributed by atoms with Crippen molar-refractivity contribution in [1.29, 1.82) is 0 Å². The highest BCUT2D eigenvalue weighted by Crippen LogP contribution is 2.70. The molecule has 0 fully saturated rings. The van der Waals surface area contributed by atoms with Crippen molar-refractivity contribution in [2.24, 2.45) is 0 Å². The second-order valence-electron chi connectivity index (χ2n) is 21.5. The van der Waals surface area contributed by atoms with Gasteiger partial charge in [0.15, 0.2) is 46.0 Å². The van der Waals surface area contributed by atoms with Crippen molar-refractivity contribution in [1.82, 2.24) is 0 Å². The van der Waals surface area contributed by atoms with E-state index < -0.39 is 135 Å². The summed E-state index contributed by atoms with van der Waals surface area (Å²) in [6.45, 7) is 0. The van der Waals surface area contributed by atoms with Gasteiger partial charge in [0.1, 0.15) is 87.7 Å². The molecule has 7 heterocycles. The van der Waals surface area contributed by atoms with Crippen LogP contribution in [0.2, 0.25) is 0 Å². The molecule has 0 aliphatic carbocycles. The van der Waals surface area contributed by atoms with Crippen LogP contribution in [-0.4, -0.2) is 106 Å². The Labute approximate surface area is 465 Å². The third kappa shape index (κ3) is 6.45. The lowest BCUT2D eigenvalue weighted by molar-refractivity contribution is -0.231. The molecule has 23 nitrogen and oxygen atoms in total. The van der Waals surface area contributed by atoms with E-state index in [2.05, 4.69) is 0 Å². The third-order valence-corrected chi connectivity index (χ3v) is 17.0. The van der Waals surface area contributed by atoms with E-state index in [-0.39, 0.29) is 108 Å². The lowest BCUT2D eigenvalue weighted by Gasteiger charge is -2.55. The predicted octanol–water partition coefficient (Wildman–Crippen LogP) is 5.58. The number of aromatic hydroxyl groups is 12. The third-order valence-electron chi connectivity index (χ3n) is 17.0. The minimum atomic E-state index is -2.57. The van der Waals surface area contributed by atoms with Gasteiger partial charge in [-0.1, -0.05) is 12.1 Å². The highest BCUT2D eigenvalue weighted by Gasteiger charge is 2.67. The normalized spacial score (nSPS) is 27.7. The number of fused-ring (bicyclic) bond motifs is 22. The van der Waals surface area contributed by atoms with Crippen LogP contribution in [0.15, 0.2) is 109 Å². The van der Waals surface area contributed by atoms with Crippen LogP contribution < -0.4 is 33.2 Å². The molecule has 6 bridgehead atoms. The molecular formula is C60H44O23. The number of hydrogen-bond donors (Lipinski definition) is 16. The number of hydrogen-bond acceptors (Lipinski definition) is 23. The minimum Gasteiger partial charge on any atom is -0.508 e. The molecule has 15 rings (SSSR count). The van der Waals surface area contributed by atoms with Gasteiger partial charge in [-0.25, -0.2) is 0 Å². The van der Waals surface area contributed by atoms with Crippen molar-refractivity contribution in [2.75, 3.05) is 0 Å². The average Bonchev–Trinajstić information content (AvgIpc) is 0.850. The largest absolute Gasteiger partial charge is 0.508 e. The molecule has 11 atom stereocenters. The number of benzene rings is 8. The molecule has 8 aromatic rings. The van der Waals surface area contributed by atoms with Crippen molar-refractivity contribution in [3.8, 4) is 109 Å². The van der Waals surface area contributed by atoms with E-state index in [9.17, 15) is 81.7 Å². The van der Waals surface area contributed by atoms with Gasteiger partial charge in [-0.3, -0.25) is 0 Å². The van der Waals surface area contributed by atoms with E-state index >= 15 is 0 Å². The number of aliphatic hydroxyl groups is 4. The first-order valence-electron chi connectivity index (χ1n) is 25.8. The number of aliphatic hydroxyl groups excluding tert-OH is 4. The Morgan fingerprint density at radius 3 is 1.23 bits per heavy atom. The molecule has 0 saturated heterocycles. The van der Waals surface area contributed by atoms with Crippen molar-refractivity contribution in [3.63, 3.8) is 0 Å². The molecule has 0 saturated carbocycles. The molecule has 422 valence electrons. The van der Waals surface area contributed by atoms with Gasteiger partial charge in [0.2, 0.25) is 0 Å². The number of phenolic OH excluding ortho intramolecular Hbond substituents is 12. The molecule has 7 aliphatic rings. The Kier molecular flexibility index (Phi) is 9.89. The molecular weight excluding hydrogens is 1090 g/mol. The van der Waals surface area contributed by atoms with E-state index in [1.807, 2.05) is 0 Å². The smallest absolute Gasteiger partial charge is 0.305 e. The van der Waals surface area contributed by atoms with Crippen molar-refractivity contribution >= 4 is 0 Å². The van der Waals surface area contributed by atoms with E-state index in [0.717, 1.165) is 48.5 Å². The standard InChI is InChI=1S/C60H44O23/c61-24-5-6-25-39(15-24)78-58(21-2-8-28(63)33(68)12-21)55(74)43(25)46-41(79-58)18-36(71)45-50-48-42(81-60(57(50)76,82-53(45)46)23-4-10-30(65)35(70)14-23)19-37(72)44-49-47-40(80-59(56(49)75,83-54(44)48)22-3-9-29(64)34(69)13-22)17-31(66)26-16-38(73)51(77-52(26)47)20-1-7-27(62)32(67)11-20/h1-15,17-19,38,43,49-51,55-57,61-76H,16H2. The fourth-order valence-electron chi connectivity index (χ4n) is 13.2. The number of phenols is 12. The Bertz CT molecular complexity index is 4200. The second-order valence-corrected chi connectivity index (χ2v) is 21.5. The van der Waals surface area contributed by atoms with Gasteiger partial charge >= 0.3 is 17.4 Å². The fraction of sp³-hybridized carbons (Fsp3) is 0.200. The quantitative estimate of drug-likeness (QED) is 0.0956. The van der Waals surface area contributed by atoms with Gasteiger partial charge in [-0.05, 0) is 78.4 Å². The van der Waals surface area contributed by atoms with Crippen LogP contribution in [-0.2, 0) is 23.8 Å². The maximum atomic E-state index is 13.3. The predicted molar refractivity (Wildman–Crippen MR) is 277 cm³/mol. The molecule has 23 heteroatoms. The first-order chi connectivity index (χ1) is 39.6. The molecule has 7 aliphatic heterocycles. The molecule has 0 radical (unpaired) electrons. The first kappa shape index (κ1) is 49.8. The van der Waals surface area contributed by atoms with E-state index in [4.69, 9.17) is 33.2 Å². The van der Waals surface area contributed by atoms with Crippen molar-refractivity contribution in [3.05, 3.63) is 170 Å². The second kappa shape index (κ2) is 16.5. The van der Waals surface area contributed by atoms with Crippen LogP contribution in [0.4, 0.5) is 0 Å². The molecule has 11 unspecified atom stereocenters. The van der Waals surface area contributed by atoms with Crippen molar-refractivity contribution in [2.45, 2.75) is 72.1 Å². The van der Waals surface area contributed by atoms with Crippen LogP contribution >= 0.6 is 0 Å². The van der Waals surface area contributed by atoms with E-state index in [1.165, 1.54) is 60.7 Å². The van der Waals surface area contributed by atoms with Crippen LogP contribution in [0.25, 0.3) is 0 Å². The highest BCUT2D eigenvalue weighted by molar-refractivity contribution is 5.75. The zero-order valence-corrected chi connectivity index (χ0v) is 42.2. The van der Waals surface area contributed by atoms with Crippen LogP contribution in [0.5, 0.6) is 109 Å². The molecule has 0 spiro atoms. The average molecular weight is 1130 g/mol. The van der Waals surface area contributed by atoms with Gasteiger partial charge in [0.05, 0.1) is 23.9 Å². The summed E-state index contributed by atoms with van der Waals surface area (Å²) in [6.07, 6.45) is -8.87. The SMILES string of the molecule is Oc1ccc2c(c1)OC1(c3ccc(O)c(O)c3)Oc3cc(O)c4c(c3C2C1O)OC1(c2ccc(O)c(O)c2)Oc2cc(O)c3c(c2C4C1O)OC1(c2ccc(O)c(O)c2)Oc2cc(O)c4c(c2C3C1O)OC(c1ccc(O)c(O)c1)C(O)C4. The lowest BCUT2D eigenvalue weighted by Crippen LogP contribution is -2.60. The maximum Gasteiger partial charge on any atom is 0.305 e. The van der Waals surface area contributed by atoms with Gasteiger partial charge < -0.3 is 115 Å². The number of ether oxygens (including phenoxy) is 7. The zero-order valence-electron chi connectivity index (χ0n) is 42.2. The summed E-state index contributed by atoms with van der Waals surface area (Å²) in [4.78, 5) is 0. The molecule has 8 aromatic carbocycles. The summed E-state index contributed by atoms with van der Waals surface area (Å²) in [6, 6.07) is 21.5. The zero-order chi connectivity index (χ0) is 57.8. The lowest BCUT2D eigenvalue weighted by atomic mass is 9.69. The van der Waals surface area contributed by atoms with E-state index in [0.29, 0.717) is 0 Å². The van der Waals surface area contributed by atoms with Gasteiger partial charge in [-0.2, -0.15) is 0 Å². The van der Waals surface area contributed by atoms with Crippen LogP contribution in [0, 0.1) is 0 Å². The maximum absolute atomic E-state index is 13.3. The van der Waals surface area contributed by atoms with Crippen molar-refractivity contribution < 1.29 is 115 Å². The van der Waals surface area contributed by atoms with E-state index in [1.54, 1.807) is 0 Å². The minimum absolute atomic E-state index is 0.0147. The summed E-state index contributed by atoms with van der Waals surface area (Å²) in [5.41, 5.74) is -0.666. The fourth-order valence-corrected chi connectivity index (χ4v) is 13.2. The van der Waals surface area contributed by atoms with Crippen LogP contribution in [0.1, 0.15) is 85.1 Å². The number of rotatable bonds is 4. The highest BCUT2D eigenvalue weighted by atomic mass is 16.7. The Morgan fingerprint density at radius 1 is 0.337 bits per heavy atom. The molecule has 0 aromatic heterocycles. The first-order valence-corrected chi connectivity index (χ1v) is 25.8. The van der Waals surface area contributed by atoms with Crippen LogP contribution in [0.3, 0.4) is 0 Å². The van der Waals surface area contributed by atoms with Gasteiger partial charge in [0.25, 0.3) is 0 Å². The topological polar surface area (TPSA) is 388 Å². The summed E-state index contributed by atoms with van der Waals surface area (Å²) in [7, 11) is 0. The Hall–Kier alpha value is -10.2. The molecule has 0 amide bonds. The van der Waals surface area contributed by atoms with Gasteiger partial charge in [-0.15, -0.1) is 0 Å². The molecule has 16 N–H and O–H groups in total. The Balaban J connectivity index is 1.01. The Morgan fingerprint density at radius 2 is 0.747 bits per heavy atom. The summed E-state index contributed by atoms with van der Waals surface area (Å²) >= 11 is 0. The summed E-state index contributed by atoms with van der Waals surface area (Å²) < 4.78 is 47.1. The molecule has 83 heavy (non-hydrogen) atoms. The monoisotopic (exact) mass is 1130 g/mol. The summed E-state index contributed by atoms with van der Waals surface area (Å²) in [5, 5.41) is 184.